The molecule has 0 aliphatic heterocycles. The van der Waals surface area contributed by atoms with Gasteiger partial charge in [0.25, 0.3) is 6.43 Å². The zero-order chi connectivity index (χ0) is 10.6. The van der Waals surface area contributed by atoms with Crippen LogP contribution < -0.4 is 0 Å². The molecule has 0 aromatic heterocycles. The first-order valence-electron chi connectivity index (χ1n) is 4.32. The fourth-order valence-electron chi connectivity index (χ4n) is 1.27. The lowest BCUT2D eigenvalue weighted by atomic mass is 10.0. The van der Waals surface area contributed by atoms with Crippen molar-refractivity contribution in [3.8, 4) is 0 Å². The molecule has 0 spiro atoms. The highest BCUT2D eigenvalue weighted by molar-refractivity contribution is 6.30. The van der Waals surface area contributed by atoms with Gasteiger partial charge in [-0.05, 0) is 30.5 Å². The number of rotatable bonds is 4. The van der Waals surface area contributed by atoms with Gasteiger partial charge in [-0.25, -0.2) is 8.78 Å². The summed E-state index contributed by atoms with van der Waals surface area (Å²) in [6.45, 7) is -0.00477. The number of hydrogen-bond acceptors (Lipinski definition) is 1. The van der Waals surface area contributed by atoms with Crippen molar-refractivity contribution in [2.75, 3.05) is 6.61 Å². The molecule has 1 aromatic carbocycles. The second kappa shape index (κ2) is 5.27. The van der Waals surface area contributed by atoms with E-state index in [1.807, 2.05) is 0 Å². The van der Waals surface area contributed by atoms with Gasteiger partial charge in [0.1, 0.15) is 0 Å². The molecule has 0 aliphatic carbocycles. The van der Waals surface area contributed by atoms with Gasteiger partial charge in [-0.15, -0.1) is 0 Å². The van der Waals surface area contributed by atoms with Crippen molar-refractivity contribution < 1.29 is 13.9 Å². The number of benzene rings is 1. The highest BCUT2D eigenvalue weighted by atomic mass is 35.5. The molecule has 0 saturated carbocycles. The topological polar surface area (TPSA) is 20.2 Å². The molecular formula is C10H11ClF2O. The Hall–Kier alpha value is -0.670. The van der Waals surface area contributed by atoms with E-state index in [1.165, 1.54) is 18.2 Å². The summed E-state index contributed by atoms with van der Waals surface area (Å²) in [5.41, 5.74) is 0.518. The van der Waals surface area contributed by atoms with E-state index in [0.29, 0.717) is 23.4 Å². The number of aryl methyl sites for hydroxylation is 1. The summed E-state index contributed by atoms with van der Waals surface area (Å²) in [7, 11) is 0. The maximum absolute atomic E-state index is 12.5. The number of alkyl halides is 2. The van der Waals surface area contributed by atoms with Crippen molar-refractivity contribution in [1.82, 2.24) is 0 Å². The largest absolute Gasteiger partial charge is 0.396 e. The van der Waals surface area contributed by atoms with Gasteiger partial charge in [0, 0.05) is 17.2 Å². The van der Waals surface area contributed by atoms with Gasteiger partial charge < -0.3 is 5.11 Å². The zero-order valence-electron chi connectivity index (χ0n) is 7.51. The minimum atomic E-state index is -2.49. The molecule has 1 rings (SSSR count). The predicted octanol–water partition coefficient (Wildman–Crippen LogP) is 3.20. The van der Waals surface area contributed by atoms with Crippen LogP contribution in [0.5, 0.6) is 0 Å². The molecule has 0 fully saturated rings. The van der Waals surface area contributed by atoms with Gasteiger partial charge in [0.05, 0.1) is 0 Å². The minimum Gasteiger partial charge on any atom is -0.396 e. The summed E-state index contributed by atoms with van der Waals surface area (Å²) < 4.78 is 25.0. The average Bonchev–Trinajstić information content (AvgIpc) is 2.14. The van der Waals surface area contributed by atoms with Crippen LogP contribution in [-0.4, -0.2) is 11.7 Å². The molecular weight excluding hydrogens is 210 g/mol. The third-order valence-electron chi connectivity index (χ3n) is 1.94. The van der Waals surface area contributed by atoms with Crippen molar-refractivity contribution in [1.29, 1.82) is 0 Å². The van der Waals surface area contributed by atoms with Crippen LogP contribution in [0, 0.1) is 0 Å². The number of aliphatic hydroxyl groups excluding tert-OH is 1. The van der Waals surface area contributed by atoms with E-state index >= 15 is 0 Å². The lowest BCUT2D eigenvalue weighted by molar-refractivity contribution is 0.150. The molecule has 78 valence electrons. The van der Waals surface area contributed by atoms with Crippen LogP contribution in [0.15, 0.2) is 18.2 Å². The number of hydrogen-bond donors (Lipinski definition) is 1. The molecule has 0 saturated heterocycles. The smallest absolute Gasteiger partial charge is 0.264 e. The van der Waals surface area contributed by atoms with Crippen LogP contribution in [0.4, 0.5) is 8.78 Å². The van der Waals surface area contributed by atoms with Crippen LogP contribution >= 0.6 is 11.6 Å². The van der Waals surface area contributed by atoms with E-state index in [2.05, 4.69) is 0 Å². The molecule has 14 heavy (non-hydrogen) atoms. The van der Waals surface area contributed by atoms with Crippen LogP contribution in [-0.2, 0) is 6.42 Å². The number of halogens is 3. The standard InChI is InChI=1S/C10H11ClF2O/c11-8-3-4-9(10(12)13)7(6-8)2-1-5-14/h3-4,6,10,14H,1-2,5H2. The van der Waals surface area contributed by atoms with Crippen LogP contribution in [0.1, 0.15) is 24.0 Å². The fraction of sp³-hybridized carbons (Fsp3) is 0.400. The zero-order valence-corrected chi connectivity index (χ0v) is 8.27. The molecule has 0 amide bonds. The predicted molar refractivity (Wildman–Crippen MR) is 51.8 cm³/mol. The first-order valence-corrected chi connectivity index (χ1v) is 4.70. The molecule has 1 N–H and O–H groups in total. The Kier molecular flexibility index (Phi) is 4.29. The Balaban J connectivity index is 2.91. The average molecular weight is 221 g/mol. The molecule has 0 radical (unpaired) electrons. The third kappa shape index (κ3) is 2.93. The van der Waals surface area contributed by atoms with Gasteiger partial charge in [0.2, 0.25) is 0 Å². The second-order valence-electron chi connectivity index (χ2n) is 2.97. The first kappa shape index (κ1) is 11.4. The van der Waals surface area contributed by atoms with E-state index in [-0.39, 0.29) is 12.2 Å². The summed E-state index contributed by atoms with van der Waals surface area (Å²) in [5.74, 6) is 0. The van der Waals surface area contributed by atoms with E-state index in [4.69, 9.17) is 16.7 Å². The Morgan fingerprint density at radius 1 is 1.36 bits per heavy atom. The molecule has 0 atom stereocenters. The molecule has 1 aromatic rings. The van der Waals surface area contributed by atoms with Crippen LogP contribution in [0.25, 0.3) is 0 Å². The maximum atomic E-state index is 12.5. The van der Waals surface area contributed by atoms with Crippen LogP contribution in [0.2, 0.25) is 5.02 Å². The lowest BCUT2D eigenvalue weighted by Gasteiger charge is -2.08. The molecule has 0 aliphatic rings. The highest BCUT2D eigenvalue weighted by Crippen LogP contribution is 2.26. The van der Waals surface area contributed by atoms with Gasteiger partial charge in [-0.3, -0.25) is 0 Å². The van der Waals surface area contributed by atoms with Gasteiger partial charge in [0.15, 0.2) is 0 Å². The highest BCUT2D eigenvalue weighted by Gasteiger charge is 2.12. The minimum absolute atomic E-state index is 0.00264. The normalized spacial score (nSPS) is 10.9. The third-order valence-corrected chi connectivity index (χ3v) is 2.18. The van der Waals surface area contributed by atoms with Crippen molar-refractivity contribution in [3.63, 3.8) is 0 Å². The van der Waals surface area contributed by atoms with E-state index in [1.54, 1.807) is 0 Å². The lowest BCUT2D eigenvalue weighted by Crippen LogP contribution is -1.96. The summed E-state index contributed by atoms with van der Waals surface area (Å²) in [6, 6.07) is 4.31. The number of aliphatic hydroxyl groups is 1. The van der Waals surface area contributed by atoms with E-state index < -0.39 is 6.43 Å². The Bertz CT molecular complexity index is 302. The quantitative estimate of drug-likeness (QED) is 0.826. The molecule has 0 unspecified atom stereocenters. The summed E-state index contributed by atoms with van der Waals surface area (Å²) in [6.07, 6.45) is -1.59. The van der Waals surface area contributed by atoms with E-state index in [9.17, 15) is 8.78 Å². The molecule has 0 bridgehead atoms. The van der Waals surface area contributed by atoms with E-state index in [0.717, 1.165) is 0 Å². The van der Waals surface area contributed by atoms with Gasteiger partial charge in [-0.1, -0.05) is 17.7 Å². The van der Waals surface area contributed by atoms with Gasteiger partial charge in [-0.2, -0.15) is 0 Å². The second-order valence-corrected chi connectivity index (χ2v) is 3.41. The SMILES string of the molecule is OCCCc1cc(Cl)ccc1C(F)F. The Morgan fingerprint density at radius 3 is 2.64 bits per heavy atom. The summed E-state index contributed by atoms with van der Waals surface area (Å²) in [4.78, 5) is 0. The molecule has 4 heteroatoms. The Labute approximate surface area is 86.3 Å². The fourth-order valence-corrected chi connectivity index (χ4v) is 1.47. The summed E-state index contributed by atoms with van der Waals surface area (Å²) >= 11 is 5.69. The maximum Gasteiger partial charge on any atom is 0.264 e. The molecule has 0 heterocycles. The summed E-state index contributed by atoms with van der Waals surface area (Å²) in [5, 5.41) is 9.05. The van der Waals surface area contributed by atoms with Crippen molar-refractivity contribution in [2.45, 2.75) is 19.3 Å². The van der Waals surface area contributed by atoms with Crippen LogP contribution in [0.3, 0.4) is 0 Å². The first-order chi connectivity index (χ1) is 6.65. The monoisotopic (exact) mass is 220 g/mol. The molecule has 1 nitrogen and oxygen atoms in total. The van der Waals surface area contributed by atoms with Gasteiger partial charge >= 0.3 is 0 Å². The Morgan fingerprint density at radius 2 is 2.07 bits per heavy atom. The van der Waals surface area contributed by atoms with Crippen molar-refractivity contribution in [2.24, 2.45) is 0 Å². The van der Waals surface area contributed by atoms with Crippen molar-refractivity contribution >= 4 is 11.6 Å². The van der Waals surface area contributed by atoms with Crippen molar-refractivity contribution in [3.05, 3.63) is 34.3 Å².